The van der Waals surface area contributed by atoms with Crippen LogP contribution < -0.4 is 10.5 Å². The fourth-order valence-electron chi connectivity index (χ4n) is 3.89. The van der Waals surface area contributed by atoms with E-state index in [0.717, 1.165) is 11.1 Å². The van der Waals surface area contributed by atoms with Gasteiger partial charge >= 0.3 is 0 Å². The van der Waals surface area contributed by atoms with Crippen LogP contribution >= 0.6 is 11.6 Å². The maximum atomic E-state index is 13.9. The van der Waals surface area contributed by atoms with E-state index in [2.05, 4.69) is 9.97 Å². The molecule has 29 heavy (non-hydrogen) atoms. The SMILES string of the molecule is Cc1ncnc2c1ccn2[C@@H]1C[C@H](Oc2cc(Cl)c(F)cc2C(C)N)[C@@H](O)[C@H]1O. The summed E-state index contributed by atoms with van der Waals surface area (Å²) in [6.07, 6.45) is 0.662. The van der Waals surface area contributed by atoms with Crippen molar-refractivity contribution in [2.24, 2.45) is 5.73 Å². The Morgan fingerprint density at radius 3 is 2.79 bits per heavy atom. The lowest BCUT2D eigenvalue weighted by molar-refractivity contribution is -0.0166. The average Bonchev–Trinajstić information content (AvgIpc) is 3.22. The van der Waals surface area contributed by atoms with Gasteiger partial charge < -0.3 is 25.3 Å². The van der Waals surface area contributed by atoms with Crippen LogP contribution in [0.15, 0.2) is 30.7 Å². The standard InChI is InChI=1S/C20H22ClFN4O3/c1-9(23)12-5-14(22)13(21)6-16(12)29-17-7-15(18(27)19(17)28)26-4-3-11-10(2)24-8-25-20(11)26/h3-6,8-9,15,17-19,27-28H,7,23H2,1-2H3/t9?,15-,17+,18+,19-/m1/s1. The van der Waals surface area contributed by atoms with Gasteiger partial charge in [-0.25, -0.2) is 14.4 Å². The lowest BCUT2D eigenvalue weighted by atomic mass is 10.1. The number of rotatable bonds is 4. The number of nitrogens with zero attached hydrogens (tertiary/aromatic N) is 3. The third-order valence-electron chi connectivity index (χ3n) is 5.49. The number of hydrogen-bond acceptors (Lipinski definition) is 6. The van der Waals surface area contributed by atoms with Crippen LogP contribution in [0.3, 0.4) is 0 Å². The summed E-state index contributed by atoms with van der Waals surface area (Å²) in [5, 5.41) is 22.1. The van der Waals surface area contributed by atoms with E-state index in [0.29, 0.717) is 23.4 Å². The first kappa shape index (κ1) is 20.0. The van der Waals surface area contributed by atoms with Crippen LogP contribution in [0, 0.1) is 12.7 Å². The summed E-state index contributed by atoms with van der Waals surface area (Å²) < 4.78 is 21.6. The van der Waals surface area contributed by atoms with Gasteiger partial charge in [0, 0.05) is 35.7 Å². The van der Waals surface area contributed by atoms with Crippen LogP contribution in [0.4, 0.5) is 4.39 Å². The van der Waals surface area contributed by atoms with E-state index in [1.807, 2.05) is 23.8 Å². The topological polar surface area (TPSA) is 106 Å². The Kier molecular flexibility index (Phi) is 5.20. The predicted molar refractivity (Wildman–Crippen MR) is 106 cm³/mol. The fraction of sp³-hybridized carbons (Fsp3) is 0.400. The minimum Gasteiger partial charge on any atom is -0.487 e. The smallest absolute Gasteiger partial charge is 0.143 e. The first-order chi connectivity index (χ1) is 13.8. The summed E-state index contributed by atoms with van der Waals surface area (Å²) >= 11 is 5.91. The monoisotopic (exact) mass is 420 g/mol. The molecule has 0 saturated heterocycles. The molecule has 154 valence electrons. The van der Waals surface area contributed by atoms with Crippen LogP contribution in [-0.2, 0) is 0 Å². The van der Waals surface area contributed by atoms with Crippen molar-refractivity contribution in [2.75, 3.05) is 0 Å². The van der Waals surface area contributed by atoms with Crippen LogP contribution in [0.25, 0.3) is 11.0 Å². The van der Waals surface area contributed by atoms with E-state index in [-0.39, 0.29) is 5.02 Å². The van der Waals surface area contributed by atoms with Gasteiger partial charge in [-0.2, -0.15) is 0 Å². The van der Waals surface area contributed by atoms with Crippen molar-refractivity contribution in [3.05, 3.63) is 52.8 Å². The zero-order valence-corrected chi connectivity index (χ0v) is 16.7. The number of fused-ring (bicyclic) bond motifs is 1. The highest BCUT2D eigenvalue weighted by Gasteiger charge is 2.44. The minimum atomic E-state index is -1.15. The largest absolute Gasteiger partial charge is 0.487 e. The molecule has 1 aliphatic carbocycles. The molecule has 5 atom stereocenters. The normalized spacial score (nSPS) is 25.5. The number of aliphatic hydroxyl groups excluding tert-OH is 2. The quantitative estimate of drug-likeness (QED) is 0.599. The van der Waals surface area contributed by atoms with Gasteiger partial charge in [-0.3, -0.25) is 0 Å². The van der Waals surface area contributed by atoms with Gasteiger partial charge in [-0.05, 0) is 26.0 Å². The Balaban J connectivity index is 1.65. The van der Waals surface area contributed by atoms with Crippen LogP contribution in [0.1, 0.15) is 36.7 Å². The number of aromatic nitrogens is 3. The van der Waals surface area contributed by atoms with Crippen molar-refractivity contribution in [3.8, 4) is 5.75 Å². The molecule has 4 rings (SSSR count). The Morgan fingerprint density at radius 1 is 1.31 bits per heavy atom. The third kappa shape index (κ3) is 3.46. The Labute approximate surface area is 171 Å². The number of aliphatic hydroxyl groups is 2. The molecule has 1 fully saturated rings. The summed E-state index contributed by atoms with van der Waals surface area (Å²) in [6, 6.07) is 3.52. The number of hydrogen-bond donors (Lipinski definition) is 3. The zero-order valence-electron chi connectivity index (χ0n) is 16.0. The molecule has 0 bridgehead atoms. The molecule has 0 aliphatic heterocycles. The molecule has 4 N–H and O–H groups in total. The van der Waals surface area contributed by atoms with Crippen LogP contribution in [0.5, 0.6) is 5.75 Å². The lowest BCUT2D eigenvalue weighted by Crippen LogP contribution is -2.34. The summed E-state index contributed by atoms with van der Waals surface area (Å²) in [5.41, 5.74) is 7.87. The number of benzene rings is 1. The molecule has 1 unspecified atom stereocenters. The second-order valence-electron chi connectivity index (χ2n) is 7.45. The molecular formula is C20H22ClFN4O3. The van der Waals surface area contributed by atoms with E-state index in [4.69, 9.17) is 22.1 Å². The highest BCUT2D eigenvalue weighted by molar-refractivity contribution is 6.30. The van der Waals surface area contributed by atoms with Crippen molar-refractivity contribution in [1.29, 1.82) is 0 Å². The zero-order chi connectivity index (χ0) is 20.9. The van der Waals surface area contributed by atoms with Gasteiger partial charge in [0.1, 0.15) is 41.9 Å². The van der Waals surface area contributed by atoms with Crippen LogP contribution in [0.2, 0.25) is 5.02 Å². The number of halogens is 2. The summed E-state index contributed by atoms with van der Waals surface area (Å²) in [6.45, 7) is 3.58. The maximum absolute atomic E-state index is 13.9. The molecule has 9 heteroatoms. The molecule has 1 saturated carbocycles. The fourth-order valence-corrected chi connectivity index (χ4v) is 4.04. The molecule has 2 heterocycles. The van der Waals surface area contributed by atoms with Gasteiger partial charge in [0.05, 0.1) is 16.8 Å². The highest BCUT2D eigenvalue weighted by atomic mass is 35.5. The van der Waals surface area contributed by atoms with Crippen molar-refractivity contribution in [1.82, 2.24) is 14.5 Å². The molecule has 1 aliphatic rings. The Hall–Kier alpha value is -2.26. The molecule has 1 aromatic carbocycles. The number of aryl methyl sites for hydroxylation is 1. The van der Waals surface area contributed by atoms with Gasteiger partial charge in [-0.1, -0.05) is 11.6 Å². The van der Waals surface area contributed by atoms with E-state index < -0.39 is 36.2 Å². The van der Waals surface area contributed by atoms with Crippen molar-refractivity contribution in [2.45, 2.75) is 50.7 Å². The maximum Gasteiger partial charge on any atom is 0.143 e. The third-order valence-corrected chi connectivity index (χ3v) is 5.78. The number of nitrogens with two attached hydrogens (primary N) is 1. The first-order valence-corrected chi connectivity index (χ1v) is 9.71. The summed E-state index contributed by atoms with van der Waals surface area (Å²) in [7, 11) is 0. The Bertz CT molecular complexity index is 1060. The van der Waals surface area contributed by atoms with Crippen molar-refractivity contribution >= 4 is 22.6 Å². The molecule has 3 aromatic rings. The lowest BCUT2D eigenvalue weighted by Gasteiger charge is -2.21. The van der Waals surface area contributed by atoms with Gasteiger partial charge in [-0.15, -0.1) is 0 Å². The predicted octanol–water partition coefficient (Wildman–Crippen LogP) is 2.67. The molecule has 0 radical (unpaired) electrons. The second-order valence-corrected chi connectivity index (χ2v) is 7.86. The van der Waals surface area contributed by atoms with Crippen LogP contribution in [-0.4, -0.2) is 43.1 Å². The van der Waals surface area contributed by atoms with Gasteiger partial charge in [0.25, 0.3) is 0 Å². The number of ether oxygens (including phenoxy) is 1. The van der Waals surface area contributed by atoms with E-state index in [1.54, 1.807) is 6.92 Å². The summed E-state index contributed by atoms with van der Waals surface area (Å²) in [5.74, 6) is -0.302. The highest BCUT2D eigenvalue weighted by Crippen LogP contribution is 2.38. The molecular weight excluding hydrogens is 399 g/mol. The molecule has 0 spiro atoms. The van der Waals surface area contributed by atoms with Crippen molar-refractivity contribution < 1.29 is 19.3 Å². The molecule has 7 nitrogen and oxygen atoms in total. The van der Waals surface area contributed by atoms with E-state index in [9.17, 15) is 14.6 Å². The van der Waals surface area contributed by atoms with E-state index in [1.165, 1.54) is 18.5 Å². The van der Waals surface area contributed by atoms with Gasteiger partial charge in [0.2, 0.25) is 0 Å². The minimum absolute atomic E-state index is 0.0995. The summed E-state index contributed by atoms with van der Waals surface area (Å²) in [4.78, 5) is 8.49. The van der Waals surface area contributed by atoms with Gasteiger partial charge in [0.15, 0.2) is 0 Å². The first-order valence-electron chi connectivity index (χ1n) is 9.33. The van der Waals surface area contributed by atoms with Crippen molar-refractivity contribution in [3.63, 3.8) is 0 Å². The Morgan fingerprint density at radius 2 is 2.07 bits per heavy atom. The average molecular weight is 421 g/mol. The molecule has 0 amide bonds. The second kappa shape index (κ2) is 7.53. The molecule has 2 aromatic heterocycles. The van der Waals surface area contributed by atoms with E-state index >= 15 is 0 Å².